The first kappa shape index (κ1) is 25.8. The van der Waals surface area contributed by atoms with Gasteiger partial charge in [-0.2, -0.15) is 0 Å². The van der Waals surface area contributed by atoms with Gasteiger partial charge in [0.15, 0.2) is 0 Å². The quantitative estimate of drug-likeness (QED) is 0.367. The van der Waals surface area contributed by atoms with Gasteiger partial charge in [-0.15, -0.1) is 12.4 Å². The minimum Gasteiger partial charge on any atom is -0.496 e. The van der Waals surface area contributed by atoms with Crippen molar-refractivity contribution >= 4 is 35.6 Å². The SMILES string of the molecule is COc1cc(N)c(Cl)cc1C(=O)NC1CNC(C(O)C(c2ccccc2)c2ccccc2)C1.Cl. The summed E-state index contributed by atoms with van der Waals surface area (Å²) in [6.07, 6.45) is -0.0779. The van der Waals surface area contributed by atoms with Crippen molar-refractivity contribution in [2.45, 2.75) is 30.5 Å². The number of nitrogens with one attached hydrogen (secondary N) is 2. The Hall–Kier alpha value is -2.77. The molecule has 5 N–H and O–H groups in total. The molecule has 0 bridgehead atoms. The lowest BCUT2D eigenvalue weighted by molar-refractivity contribution is 0.0929. The van der Waals surface area contributed by atoms with Gasteiger partial charge < -0.3 is 26.2 Å². The molecule has 34 heavy (non-hydrogen) atoms. The molecular formula is C26H29Cl2N3O3. The van der Waals surface area contributed by atoms with Crippen molar-refractivity contribution in [3.63, 3.8) is 0 Å². The monoisotopic (exact) mass is 501 g/mol. The lowest BCUT2D eigenvalue weighted by Crippen LogP contribution is -2.39. The number of ether oxygens (including phenoxy) is 1. The van der Waals surface area contributed by atoms with Crippen LogP contribution in [0.3, 0.4) is 0 Å². The van der Waals surface area contributed by atoms with E-state index in [1.54, 1.807) is 6.07 Å². The van der Waals surface area contributed by atoms with Gasteiger partial charge >= 0.3 is 0 Å². The first-order valence-electron chi connectivity index (χ1n) is 10.9. The van der Waals surface area contributed by atoms with Crippen molar-refractivity contribution in [1.29, 1.82) is 0 Å². The number of amides is 1. The molecule has 3 unspecified atom stereocenters. The van der Waals surface area contributed by atoms with E-state index in [1.165, 1.54) is 13.2 Å². The minimum atomic E-state index is -0.669. The van der Waals surface area contributed by atoms with Crippen LogP contribution in [0, 0.1) is 0 Å². The Kier molecular flexibility index (Phi) is 8.80. The Balaban J connectivity index is 0.00000324. The van der Waals surface area contributed by atoms with Crippen LogP contribution in [-0.2, 0) is 0 Å². The van der Waals surface area contributed by atoms with Crippen LogP contribution in [0.4, 0.5) is 5.69 Å². The molecule has 4 rings (SSSR count). The number of anilines is 1. The summed E-state index contributed by atoms with van der Waals surface area (Å²) in [5.41, 5.74) is 8.60. The molecule has 0 aliphatic carbocycles. The van der Waals surface area contributed by atoms with Crippen LogP contribution in [-0.4, -0.2) is 42.9 Å². The summed E-state index contributed by atoms with van der Waals surface area (Å²) < 4.78 is 5.30. The largest absolute Gasteiger partial charge is 0.496 e. The molecule has 1 fully saturated rings. The summed E-state index contributed by atoms with van der Waals surface area (Å²) in [6, 6.07) is 22.7. The van der Waals surface area contributed by atoms with E-state index in [0.29, 0.717) is 35.0 Å². The number of nitrogen functional groups attached to an aromatic ring is 1. The highest BCUT2D eigenvalue weighted by Crippen LogP contribution is 2.32. The van der Waals surface area contributed by atoms with E-state index in [0.717, 1.165) is 11.1 Å². The number of hydrogen-bond acceptors (Lipinski definition) is 5. The third kappa shape index (κ3) is 5.65. The zero-order valence-electron chi connectivity index (χ0n) is 18.8. The van der Waals surface area contributed by atoms with Crippen molar-refractivity contribution in [3.8, 4) is 5.75 Å². The van der Waals surface area contributed by atoms with Gasteiger partial charge in [-0.3, -0.25) is 4.79 Å². The number of halogens is 2. The highest BCUT2D eigenvalue weighted by Gasteiger charge is 2.36. The number of hydrogen-bond donors (Lipinski definition) is 4. The smallest absolute Gasteiger partial charge is 0.255 e. The lowest BCUT2D eigenvalue weighted by atomic mass is 9.83. The van der Waals surface area contributed by atoms with Crippen LogP contribution in [0.2, 0.25) is 5.02 Å². The van der Waals surface area contributed by atoms with E-state index in [-0.39, 0.29) is 36.3 Å². The van der Waals surface area contributed by atoms with Gasteiger partial charge in [-0.25, -0.2) is 0 Å². The number of carbonyl (C=O) groups excluding carboxylic acids is 1. The van der Waals surface area contributed by atoms with E-state index in [4.69, 9.17) is 22.1 Å². The maximum atomic E-state index is 12.9. The van der Waals surface area contributed by atoms with Crippen molar-refractivity contribution in [2.24, 2.45) is 0 Å². The Morgan fingerprint density at radius 1 is 1.12 bits per heavy atom. The number of benzene rings is 3. The fourth-order valence-electron chi connectivity index (χ4n) is 4.46. The van der Waals surface area contributed by atoms with E-state index in [1.807, 2.05) is 60.7 Å². The predicted octanol–water partition coefficient (Wildman–Crippen LogP) is 4.01. The Morgan fingerprint density at radius 2 is 1.71 bits per heavy atom. The van der Waals surface area contributed by atoms with Crippen molar-refractivity contribution in [1.82, 2.24) is 10.6 Å². The molecule has 6 nitrogen and oxygen atoms in total. The van der Waals surface area contributed by atoms with Crippen LogP contribution in [0.1, 0.15) is 33.8 Å². The van der Waals surface area contributed by atoms with E-state index in [9.17, 15) is 9.90 Å². The summed E-state index contributed by atoms with van der Waals surface area (Å²) in [4.78, 5) is 12.9. The maximum absolute atomic E-state index is 12.9. The van der Waals surface area contributed by atoms with Crippen LogP contribution < -0.4 is 21.1 Å². The van der Waals surface area contributed by atoms with E-state index >= 15 is 0 Å². The first-order valence-corrected chi connectivity index (χ1v) is 11.3. The molecule has 180 valence electrons. The van der Waals surface area contributed by atoms with Gasteiger partial charge in [0.2, 0.25) is 0 Å². The average Bonchev–Trinajstić information content (AvgIpc) is 3.30. The highest BCUT2D eigenvalue weighted by atomic mass is 35.5. The molecule has 3 atom stereocenters. The van der Waals surface area contributed by atoms with Crippen LogP contribution in [0.25, 0.3) is 0 Å². The number of aliphatic hydroxyl groups excluding tert-OH is 1. The molecular weight excluding hydrogens is 473 g/mol. The van der Waals surface area contributed by atoms with Gasteiger partial charge in [0.25, 0.3) is 5.91 Å². The summed E-state index contributed by atoms with van der Waals surface area (Å²) in [6.45, 7) is 0.550. The molecule has 1 heterocycles. The summed E-state index contributed by atoms with van der Waals surface area (Å²) in [7, 11) is 1.48. The van der Waals surface area contributed by atoms with Gasteiger partial charge in [-0.05, 0) is 23.6 Å². The molecule has 0 saturated carbocycles. The number of methoxy groups -OCH3 is 1. The lowest BCUT2D eigenvalue weighted by Gasteiger charge is -2.28. The van der Waals surface area contributed by atoms with Gasteiger partial charge in [0.1, 0.15) is 5.75 Å². The third-order valence-corrected chi connectivity index (χ3v) is 6.46. The highest BCUT2D eigenvalue weighted by molar-refractivity contribution is 6.33. The van der Waals surface area contributed by atoms with Crippen LogP contribution in [0.5, 0.6) is 5.75 Å². The molecule has 1 aliphatic heterocycles. The Labute approximate surface area is 210 Å². The number of carbonyl (C=O) groups is 1. The minimum absolute atomic E-state index is 0. The Morgan fingerprint density at radius 3 is 2.26 bits per heavy atom. The second-order valence-corrected chi connectivity index (χ2v) is 8.69. The average molecular weight is 502 g/mol. The normalized spacial score (nSPS) is 18.2. The zero-order valence-corrected chi connectivity index (χ0v) is 20.4. The van der Waals surface area contributed by atoms with Crippen molar-refractivity contribution < 1.29 is 14.6 Å². The standard InChI is InChI=1S/C26H28ClN3O3.ClH/c1-33-23-14-21(28)20(27)13-19(23)26(32)30-18-12-22(29-15-18)25(31)24(16-8-4-2-5-9-16)17-10-6-3-7-11-17;/h2-11,13-14,18,22,24-25,29,31H,12,15,28H2,1H3,(H,30,32);1H. The summed E-state index contributed by atoms with van der Waals surface area (Å²) in [5, 5.41) is 18.1. The van der Waals surface area contributed by atoms with E-state index < -0.39 is 6.10 Å². The Bertz CT molecular complexity index is 1060. The molecule has 1 saturated heterocycles. The molecule has 8 heteroatoms. The zero-order chi connectivity index (χ0) is 23.4. The molecule has 0 aromatic heterocycles. The first-order chi connectivity index (χ1) is 16.0. The topological polar surface area (TPSA) is 96.6 Å². The fourth-order valence-corrected chi connectivity index (χ4v) is 4.62. The number of aliphatic hydroxyl groups is 1. The molecule has 0 radical (unpaired) electrons. The molecule has 1 amide bonds. The second kappa shape index (κ2) is 11.6. The van der Waals surface area contributed by atoms with Gasteiger partial charge in [0.05, 0.1) is 29.5 Å². The fraction of sp³-hybridized carbons (Fsp3) is 0.269. The van der Waals surface area contributed by atoms with Gasteiger partial charge in [0, 0.05) is 30.6 Å². The summed E-state index contributed by atoms with van der Waals surface area (Å²) in [5.74, 6) is -0.112. The second-order valence-electron chi connectivity index (χ2n) is 8.28. The molecule has 3 aromatic carbocycles. The van der Waals surface area contributed by atoms with E-state index in [2.05, 4.69) is 10.6 Å². The predicted molar refractivity (Wildman–Crippen MR) is 138 cm³/mol. The maximum Gasteiger partial charge on any atom is 0.255 e. The molecule has 1 aliphatic rings. The van der Waals surface area contributed by atoms with Crippen LogP contribution >= 0.6 is 24.0 Å². The number of nitrogens with two attached hydrogens (primary N) is 1. The van der Waals surface area contributed by atoms with Crippen molar-refractivity contribution in [3.05, 3.63) is 94.5 Å². The number of rotatable bonds is 7. The van der Waals surface area contributed by atoms with Crippen molar-refractivity contribution in [2.75, 3.05) is 19.4 Å². The molecule has 3 aromatic rings. The van der Waals surface area contributed by atoms with Crippen LogP contribution in [0.15, 0.2) is 72.8 Å². The van der Waals surface area contributed by atoms with Gasteiger partial charge in [-0.1, -0.05) is 72.3 Å². The molecule has 0 spiro atoms. The summed E-state index contributed by atoms with van der Waals surface area (Å²) >= 11 is 6.11. The third-order valence-electron chi connectivity index (χ3n) is 6.13.